The van der Waals surface area contributed by atoms with E-state index in [1.165, 1.54) is 10.8 Å². The van der Waals surface area contributed by atoms with Crippen LogP contribution in [0.15, 0.2) is 83.7 Å². The van der Waals surface area contributed by atoms with Crippen molar-refractivity contribution in [1.29, 1.82) is 0 Å². The van der Waals surface area contributed by atoms with Gasteiger partial charge in [-0.05, 0) is 24.3 Å². The maximum absolute atomic E-state index is 11.1. The van der Waals surface area contributed by atoms with Crippen LogP contribution in [0.1, 0.15) is 11.3 Å². The van der Waals surface area contributed by atoms with Gasteiger partial charge in [0.15, 0.2) is 0 Å². The van der Waals surface area contributed by atoms with Crippen LogP contribution < -0.4 is 5.73 Å². The van der Waals surface area contributed by atoms with Gasteiger partial charge in [0.05, 0.1) is 25.5 Å². The number of furan rings is 1. The number of aliphatic hydroxyl groups excluding tert-OH is 1. The van der Waals surface area contributed by atoms with Crippen LogP contribution >= 0.6 is 0 Å². The van der Waals surface area contributed by atoms with E-state index in [-0.39, 0.29) is 5.95 Å². The summed E-state index contributed by atoms with van der Waals surface area (Å²) in [5.74, 6) is 1.09. The van der Waals surface area contributed by atoms with E-state index in [1.54, 1.807) is 18.7 Å². The van der Waals surface area contributed by atoms with Crippen LogP contribution in [0, 0.1) is 0 Å². The van der Waals surface area contributed by atoms with Crippen molar-refractivity contribution in [3.8, 4) is 0 Å². The molecule has 0 aliphatic rings. The monoisotopic (exact) mass is 427 g/mol. The van der Waals surface area contributed by atoms with Crippen molar-refractivity contribution < 1.29 is 9.52 Å². The van der Waals surface area contributed by atoms with Gasteiger partial charge in [-0.2, -0.15) is 0 Å². The molecule has 7 heteroatoms. The molecular formula is C25H25N5O2. The zero-order valence-corrected chi connectivity index (χ0v) is 17.6. The van der Waals surface area contributed by atoms with Crippen LogP contribution in [0.4, 0.5) is 5.95 Å². The third kappa shape index (κ3) is 4.21. The summed E-state index contributed by atoms with van der Waals surface area (Å²) in [6.07, 6.45) is 4.51. The van der Waals surface area contributed by atoms with Gasteiger partial charge in [0.2, 0.25) is 5.95 Å². The van der Waals surface area contributed by atoms with E-state index >= 15 is 0 Å². The van der Waals surface area contributed by atoms with Gasteiger partial charge in [0, 0.05) is 52.9 Å². The number of aromatic nitrogens is 3. The molecule has 3 N–H and O–H groups in total. The Labute approximate surface area is 185 Å². The molecule has 0 amide bonds. The molecule has 0 bridgehead atoms. The Morgan fingerprint density at radius 3 is 2.19 bits per heavy atom. The average molecular weight is 428 g/mol. The van der Waals surface area contributed by atoms with Gasteiger partial charge in [-0.25, -0.2) is 9.97 Å². The highest BCUT2D eigenvalue weighted by atomic mass is 16.3. The van der Waals surface area contributed by atoms with E-state index in [9.17, 15) is 5.11 Å². The van der Waals surface area contributed by atoms with Gasteiger partial charge in [0.25, 0.3) is 0 Å². The number of para-hydroxylation sites is 2. The average Bonchev–Trinajstić information content (AvgIpc) is 3.42. The molecule has 3 aromatic heterocycles. The second-order valence-electron chi connectivity index (χ2n) is 8.00. The highest BCUT2D eigenvalue weighted by Crippen LogP contribution is 2.29. The lowest BCUT2D eigenvalue weighted by atomic mass is 10.2. The smallest absolute Gasteiger partial charge is 0.219 e. The summed E-state index contributed by atoms with van der Waals surface area (Å²) in [5, 5.41) is 13.5. The molecule has 0 radical (unpaired) electrons. The molecule has 32 heavy (non-hydrogen) atoms. The van der Waals surface area contributed by atoms with Crippen molar-refractivity contribution in [2.24, 2.45) is 0 Å². The fourth-order valence-corrected chi connectivity index (χ4v) is 4.28. The molecular weight excluding hydrogens is 402 g/mol. The summed E-state index contributed by atoms with van der Waals surface area (Å²) >= 11 is 0. The Hall–Kier alpha value is -3.68. The van der Waals surface area contributed by atoms with Crippen molar-refractivity contribution in [3.05, 3.63) is 90.6 Å². The lowest BCUT2D eigenvalue weighted by Crippen LogP contribution is -2.34. The predicted molar refractivity (Wildman–Crippen MR) is 125 cm³/mol. The van der Waals surface area contributed by atoms with E-state index in [2.05, 4.69) is 55.8 Å². The van der Waals surface area contributed by atoms with Gasteiger partial charge in [0.1, 0.15) is 5.76 Å². The van der Waals surface area contributed by atoms with Crippen LogP contribution in [-0.4, -0.2) is 37.2 Å². The molecule has 0 aliphatic carbocycles. The van der Waals surface area contributed by atoms with Crippen LogP contribution in [0.3, 0.4) is 0 Å². The summed E-state index contributed by atoms with van der Waals surface area (Å²) in [7, 11) is 0. The summed E-state index contributed by atoms with van der Waals surface area (Å²) < 4.78 is 7.74. The zero-order chi connectivity index (χ0) is 21.9. The summed E-state index contributed by atoms with van der Waals surface area (Å²) in [6, 6.07) is 20.5. The topological polar surface area (TPSA) is 93.3 Å². The number of benzene rings is 2. The lowest BCUT2D eigenvalue weighted by molar-refractivity contribution is 0.0888. The molecule has 1 unspecified atom stereocenters. The summed E-state index contributed by atoms with van der Waals surface area (Å²) in [5.41, 5.74) is 8.79. The predicted octanol–water partition coefficient (Wildman–Crippen LogP) is 3.82. The molecule has 0 saturated carbocycles. The van der Waals surface area contributed by atoms with Crippen LogP contribution in [0.25, 0.3) is 21.8 Å². The first-order chi connectivity index (χ1) is 15.7. The number of hydrogen-bond donors (Lipinski definition) is 2. The third-order valence-corrected chi connectivity index (χ3v) is 5.63. The fourth-order valence-electron chi connectivity index (χ4n) is 4.28. The number of fused-ring (bicyclic) bond motifs is 3. The second kappa shape index (κ2) is 8.82. The Bertz CT molecular complexity index is 1260. The quantitative estimate of drug-likeness (QED) is 0.391. The summed E-state index contributed by atoms with van der Waals surface area (Å²) in [6.45, 7) is 2.10. The molecule has 3 heterocycles. The molecule has 0 spiro atoms. The lowest BCUT2D eigenvalue weighted by Gasteiger charge is -2.25. The van der Waals surface area contributed by atoms with E-state index in [0.29, 0.717) is 26.2 Å². The molecule has 162 valence electrons. The van der Waals surface area contributed by atoms with Crippen molar-refractivity contribution >= 4 is 27.8 Å². The van der Waals surface area contributed by atoms with Crippen LogP contribution in [0.5, 0.6) is 0 Å². The first-order valence-electron chi connectivity index (χ1n) is 10.6. The molecule has 0 aliphatic heterocycles. The highest BCUT2D eigenvalue weighted by Gasteiger charge is 2.18. The maximum atomic E-state index is 11.1. The molecule has 0 fully saturated rings. The first-order valence-corrected chi connectivity index (χ1v) is 10.6. The fraction of sp³-hybridized carbons (Fsp3) is 0.200. The van der Waals surface area contributed by atoms with Crippen LogP contribution in [0.2, 0.25) is 0 Å². The molecule has 2 aromatic carbocycles. The summed E-state index contributed by atoms with van der Waals surface area (Å²) in [4.78, 5) is 10.3. The zero-order valence-electron chi connectivity index (χ0n) is 17.6. The van der Waals surface area contributed by atoms with Gasteiger partial charge in [-0.3, -0.25) is 4.90 Å². The van der Waals surface area contributed by atoms with Gasteiger partial charge in [-0.1, -0.05) is 36.4 Å². The normalized spacial score (nSPS) is 12.7. The standard InChI is InChI=1S/C25H25N5O2/c26-25-27-12-18(13-28-25)14-29(17-20-6-5-11-32-20)15-19(31)16-30-23-9-3-1-7-21(23)22-8-2-4-10-24(22)30/h1-13,19,31H,14-17H2,(H2,26,27,28). The molecule has 1 atom stereocenters. The van der Waals surface area contributed by atoms with E-state index < -0.39 is 6.10 Å². The molecule has 0 saturated heterocycles. The van der Waals surface area contributed by atoms with E-state index in [0.717, 1.165) is 22.4 Å². The van der Waals surface area contributed by atoms with Gasteiger partial charge >= 0.3 is 0 Å². The number of aliphatic hydroxyl groups is 1. The number of nitrogens with two attached hydrogens (primary N) is 1. The Balaban J connectivity index is 1.39. The minimum absolute atomic E-state index is 0.248. The van der Waals surface area contributed by atoms with Gasteiger partial charge in [-0.15, -0.1) is 0 Å². The van der Waals surface area contributed by atoms with Gasteiger partial charge < -0.3 is 19.8 Å². The Morgan fingerprint density at radius 1 is 0.906 bits per heavy atom. The van der Waals surface area contributed by atoms with Crippen molar-refractivity contribution in [2.75, 3.05) is 12.3 Å². The minimum atomic E-state index is -0.584. The Kier molecular flexibility index (Phi) is 5.58. The van der Waals surface area contributed by atoms with E-state index in [4.69, 9.17) is 10.2 Å². The molecule has 5 aromatic rings. The number of anilines is 1. The maximum Gasteiger partial charge on any atom is 0.219 e. The number of rotatable bonds is 8. The SMILES string of the molecule is Nc1ncc(CN(Cc2ccco2)CC(O)Cn2c3ccccc3c3ccccc32)cn1. The minimum Gasteiger partial charge on any atom is -0.468 e. The largest absolute Gasteiger partial charge is 0.468 e. The van der Waals surface area contributed by atoms with E-state index in [1.807, 2.05) is 24.3 Å². The molecule has 5 rings (SSSR count). The highest BCUT2D eigenvalue weighted by molar-refractivity contribution is 6.07. The Morgan fingerprint density at radius 2 is 1.56 bits per heavy atom. The third-order valence-electron chi connectivity index (χ3n) is 5.63. The number of hydrogen-bond acceptors (Lipinski definition) is 6. The number of nitrogen functional groups attached to an aromatic ring is 1. The number of nitrogens with zero attached hydrogens (tertiary/aromatic N) is 4. The van der Waals surface area contributed by atoms with Crippen molar-refractivity contribution in [2.45, 2.75) is 25.7 Å². The first kappa shape index (κ1) is 20.2. The van der Waals surface area contributed by atoms with Crippen molar-refractivity contribution in [1.82, 2.24) is 19.4 Å². The van der Waals surface area contributed by atoms with Crippen molar-refractivity contribution in [3.63, 3.8) is 0 Å². The molecule has 7 nitrogen and oxygen atoms in total. The second-order valence-corrected chi connectivity index (χ2v) is 8.00. The van der Waals surface area contributed by atoms with Crippen LogP contribution in [-0.2, 0) is 19.6 Å².